The molecular weight excluding hydrogens is 424 g/mol. The molecule has 0 radical (unpaired) electrons. The van der Waals surface area contributed by atoms with Gasteiger partial charge in [-0.25, -0.2) is 13.2 Å². The molecule has 4 rings (SSSR count). The average molecular weight is 455 g/mol. The molecule has 1 aliphatic rings. The van der Waals surface area contributed by atoms with Gasteiger partial charge in [-0.3, -0.25) is 4.90 Å². The van der Waals surface area contributed by atoms with E-state index in [0.717, 1.165) is 38.8 Å². The molecular formula is C25H30N2O4S. The van der Waals surface area contributed by atoms with E-state index in [1.165, 1.54) is 0 Å². The molecule has 6 nitrogen and oxygen atoms in total. The fourth-order valence-corrected chi connectivity index (χ4v) is 6.52. The minimum atomic E-state index is -3.55. The zero-order valence-corrected chi connectivity index (χ0v) is 20.2. The molecule has 1 saturated heterocycles. The van der Waals surface area contributed by atoms with Gasteiger partial charge in [0.15, 0.2) is 0 Å². The van der Waals surface area contributed by atoms with E-state index in [4.69, 9.17) is 4.42 Å². The molecule has 0 saturated carbocycles. The Bertz CT molecular complexity index is 1330. The Morgan fingerprint density at radius 1 is 0.812 bits per heavy atom. The first-order valence-electron chi connectivity index (χ1n) is 10.9. The molecule has 2 heterocycles. The van der Waals surface area contributed by atoms with E-state index in [0.29, 0.717) is 43.2 Å². The molecule has 1 aliphatic heterocycles. The summed E-state index contributed by atoms with van der Waals surface area (Å²) in [6.07, 6.45) is 0. The average Bonchev–Trinajstić information content (AvgIpc) is 2.69. The van der Waals surface area contributed by atoms with Gasteiger partial charge in [0, 0.05) is 44.2 Å². The van der Waals surface area contributed by atoms with Crippen LogP contribution in [0.15, 0.2) is 44.4 Å². The summed E-state index contributed by atoms with van der Waals surface area (Å²) in [5.41, 5.74) is 6.03. The van der Waals surface area contributed by atoms with Gasteiger partial charge in [-0.05, 0) is 74.6 Å². The molecule has 0 spiro atoms. The first-order chi connectivity index (χ1) is 15.1. The van der Waals surface area contributed by atoms with Crippen LogP contribution in [0, 0.1) is 34.6 Å². The van der Waals surface area contributed by atoms with E-state index < -0.39 is 10.0 Å². The minimum absolute atomic E-state index is 0.359. The number of fused-ring (bicyclic) bond motifs is 1. The van der Waals surface area contributed by atoms with Gasteiger partial charge in [0.05, 0.1) is 4.90 Å². The quantitative estimate of drug-likeness (QED) is 0.560. The monoisotopic (exact) mass is 454 g/mol. The highest BCUT2D eigenvalue weighted by atomic mass is 32.2. The van der Waals surface area contributed by atoms with Crippen molar-refractivity contribution in [3.63, 3.8) is 0 Å². The van der Waals surface area contributed by atoms with Crippen LogP contribution in [0.2, 0.25) is 0 Å². The number of nitrogens with zero attached hydrogens (tertiary/aromatic N) is 2. The molecule has 0 bridgehead atoms. The highest BCUT2D eigenvalue weighted by Crippen LogP contribution is 2.27. The molecule has 0 amide bonds. The van der Waals surface area contributed by atoms with Gasteiger partial charge in [0.25, 0.3) is 0 Å². The van der Waals surface area contributed by atoms with Crippen LogP contribution in [-0.2, 0) is 16.6 Å². The highest BCUT2D eigenvalue weighted by molar-refractivity contribution is 7.89. The lowest BCUT2D eigenvalue weighted by atomic mass is 10.0. The van der Waals surface area contributed by atoms with Gasteiger partial charge < -0.3 is 4.42 Å². The fraction of sp³-hybridized carbons (Fsp3) is 0.400. The van der Waals surface area contributed by atoms with Crippen LogP contribution < -0.4 is 5.63 Å². The van der Waals surface area contributed by atoms with Gasteiger partial charge in [-0.2, -0.15) is 4.31 Å². The Morgan fingerprint density at radius 2 is 1.41 bits per heavy atom. The molecule has 7 heteroatoms. The molecule has 1 fully saturated rings. The summed E-state index contributed by atoms with van der Waals surface area (Å²) in [6, 6.07) is 9.37. The van der Waals surface area contributed by atoms with Crippen molar-refractivity contribution in [3.05, 3.63) is 74.1 Å². The van der Waals surface area contributed by atoms with E-state index in [-0.39, 0.29) is 5.63 Å². The molecule has 0 atom stereocenters. The van der Waals surface area contributed by atoms with Crippen LogP contribution in [0.5, 0.6) is 0 Å². The minimum Gasteiger partial charge on any atom is -0.423 e. The summed E-state index contributed by atoms with van der Waals surface area (Å²) in [5.74, 6) is 0. The van der Waals surface area contributed by atoms with Crippen LogP contribution in [0.25, 0.3) is 11.0 Å². The zero-order valence-electron chi connectivity index (χ0n) is 19.4. The molecule has 170 valence electrons. The van der Waals surface area contributed by atoms with Crippen molar-refractivity contribution in [2.75, 3.05) is 26.2 Å². The molecule has 1 aromatic heterocycles. The van der Waals surface area contributed by atoms with Crippen LogP contribution in [-0.4, -0.2) is 43.8 Å². The lowest BCUT2D eigenvalue weighted by molar-refractivity contribution is 0.182. The number of benzene rings is 2. The summed E-state index contributed by atoms with van der Waals surface area (Å²) in [4.78, 5) is 14.7. The number of rotatable bonds is 4. The largest absolute Gasteiger partial charge is 0.423 e. The van der Waals surface area contributed by atoms with Crippen molar-refractivity contribution in [2.24, 2.45) is 0 Å². The summed E-state index contributed by atoms with van der Waals surface area (Å²) < 4.78 is 33.7. The molecule has 0 aliphatic carbocycles. The Balaban J connectivity index is 1.54. The van der Waals surface area contributed by atoms with E-state index in [1.807, 2.05) is 52.8 Å². The van der Waals surface area contributed by atoms with Crippen molar-refractivity contribution < 1.29 is 12.8 Å². The van der Waals surface area contributed by atoms with Crippen LogP contribution in [0.3, 0.4) is 0 Å². The van der Waals surface area contributed by atoms with Crippen molar-refractivity contribution in [2.45, 2.75) is 46.1 Å². The molecule has 32 heavy (non-hydrogen) atoms. The third-order valence-corrected chi connectivity index (χ3v) is 8.58. The third kappa shape index (κ3) is 4.25. The first kappa shape index (κ1) is 22.7. The third-order valence-electron chi connectivity index (χ3n) is 6.37. The number of aryl methyl sites for hydroxylation is 5. The lowest BCUT2D eigenvalue weighted by Gasteiger charge is -2.34. The van der Waals surface area contributed by atoms with E-state index in [9.17, 15) is 13.2 Å². The summed E-state index contributed by atoms with van der Waals surface area (Å²) in [6.45, 7) is 12.4. The number of sulfonamides is 1. The van der Waals surface area contributed by atoms with Crippen molar-refractivity contribution >= 4 is 21.0 Å². The summed E-state index contributed by atoms with van der Waals surface area (Å²) >= 11 is 0. The summed E-state index contributed by atoms with van der Waals surface area (Å²) in [5, 5.41) is 0.939. The van der Waals surface area contributed by atoms with Crippen molar-refractivity contribution in [3.8, 4) is 0 Å². The smallest absolute Gasteiger partial charge is 0.336 e. The summed E-state index contributed by atoms with van der Waals surface area (Å²) in [7, 11) is -3.55. The van der Waals surface area contributed by atoms with Crippen LogP contribution in [0.1, 0.15) is 33.4 Å². The molecule has 2 aromatic carbocycles. The number of hydrogen-bond acceptors (Lipinski definition) is 5. The fourth-order valence-electron chi connectivity index (χ4n) is 4.69. The predicted molar refractivity (Wildman–Crippen MR) is 127 cm³/mol. The van der Waals surface area contributed by atoms with E-state index in [2.05, 4.69) is 11.0 Å². The predicted octanol–water partition coefficient (Wildman–Crippen LogP) is 3.84. The second-order valence-electron chi connectivity index (χ2n) is 8.93. The Morgan fingerprint density at radius 3 is 2.03 bits per heavy atom. The topological polar surface area (TPSA) is 70.8 Å². The SMILES string of the molecule is Cc1cc(C)c(S(=O)(=O)N2CCN(Cc3cc(=O)oc4cc(C)c(C)cc34)CC2)c(C)c1. The van der Waals surface area contributed by atoms with Crippen LogP contribution in [0.4, 0.5) is 0 Å². The van der Waals surface area contributed by atoms with Gasteiger partial charge in [-0.15, -0.1) is 0 Å². The molecule has 3 aromatic rings. The van der Waals surface area contributed by atoms with E-state index >= 15 is 0 Å². The Labute approximate surface area is 189 Å². The first-order valence-corrected chi connectivity index (χ1v) is 12.3. The number of piperazine rings is 1. The maximum atomic E-state index is 13.3. The maximum absolute atomic E-state index is 13.3. The van der Waals surface area contributed by atoms with Crippen molar-refractivity contribution in [1.82, 2.24) is 9.21 Å². The number of hydrogen-bond donors (Lipinski definition) is 0. The van der Waals surface area contributed by atoms with Crippen LogP contribution >= 0.6 is 0 Å². The lowest BCUT2D eigenvalue weighted by Crippen LogP contribution is -2.48. The second kappa shape index (κ2) is 8.46. The maximum Gasteiger partial charge on any atom is 0.336 e. The normalized spacial score (nSPS) is 16.0. The van der Waals surface area contributed by atoms with Gasteiger partial charge in [0.2, 0.25) is 10.0 Å². The Kier molecular flexibility index (Phi) is 6.00. The molecule has 0 N–H and O–H groups in total. The zero-order chi connectivity index (χ0) is 23.2. The standard InChI is InChI=1S/C25H30N2O4S/c1-16-10-19(4)25(20(5)11-16)32(29,30)27-8-6-26(7-9-27)15-21-14-24(28)31-23-13-18(3)17(2)12-22(21)23/h10-14H,6-9,15H2,1-5H3. The van der Waals surface area contributed by atoms with Crippen molar-refractivity contribution in [1.29, 1.82) is 0 Å². The van der Waals surface area contributed by atoms with Gasteiger partial charge in [0.1, 0.15) is 5.58 Å². The highest BCUT2D eigenvalue weighted by Gasteiger charge is 2.31. The van der Waals surface area contributed by atoms with E-state index in [1.54, 1.807) is 10.4 Å². The second-order valence-corrected chi connectivity index (χ2v) is 10.8. The van der Waals surface area contributed by atoms with Gasteiger partial charge in [-0.1, -0.05) is 17.7 Å². The Hall–Kier alpha value is -2.48. The molecule has 0 unspecified atom stereocenters. The van der Waals surface area contributed by atoms with Gasteiger partial charge >= 0.3 is 5.63 Å².